The van der Waals surface area contributed by atoms with Gasteiger partial charge in [0.1, 0.15) is 5.00 Å². The predicted molar refractivity (Wildman–Crippen MR) is 166 cm³/mol. The summed E-state index contributed by atoms with van der Waals surface area (Å²) in [5, 5.41) is 4.93. The van der Waals surface area contributed by atoms with Crippen molar-refractivity contribution in [3.8, 4) is 0 Å². The fourth-order valence-electron chi connectivity index (χ4n) is 5.39. The molecule has 2 aromatic heterocycles. The molecule has 1 amide bonds. The molecule has 6 rings (SSSR count). The number of hydrogen-bond acceptors (Lipinski definition) is 5. The van der Waals surface area contributed by atoms with Gasteiger partial charge in [-0.1, -0.05) is 48.5 Å². The number of rotatable bonds is 8. The molecular weight excluding hydrogens is 530 g/mol. The van der Waals surface area contributed by atoms with E-state index in [1.165, 1.54) is 4.88 Å². The number of aryl methyl sites for hydroxylation is 1. The first-order valence-corrected chi connectivity index (χ1v) is 14.8. The Hall–Kier alpha value is -4.49. The van der Waals surface area contributed by atoms with E-state index in [9.17, 15) is 9.59 Å². The molecule has 3 aromatic carbocycles. The lowest BCUT2D eigenvalue weighted by Crippen LogP contribution is -2.14. The van der Waals surface area contributed by atoms with Crippen LogP contribution in [0.25, 0.3) is 10.9 Å². The Balaban J connectivity index is 1.30. The van der Waals surface area contributed by atoms with Crippen molar-refractivity contribution < 1.29 is 14.3 Å². The van der Waals surface area contributed by atoms with E-state index in [0.717, 1.165) is 64.0 Å². The molecule has 0 radical (unpaired) electrons. The minimum atomic E-state index is -0.309. The number of hydrogen-bond donors (Lipinski definition) is 1. The summed E-state index contributed by atoms with van der Waals surface area (Å²) in [4.78, 5) is 31.7. The van der Waals surface area contributed by atoms with Crippen LogP contribution >= 0.6 is 11.3 Å². The molecule has 0 aliphatic heterocycles. The molecule has 0 fully saturated rings. The number of amides is 1. The van der Waals surface area contributed by atoms with Gasteiger partial charge >= 0.3 is 5.97 Å². The Labute approximate surface area is 243 Å². The van der Waals surface area contributed by atoms with Gasteiger partial charge in [0, 0.05) is 46.0 Å². The van der Waals surface area contributed by atoms with Crippen molar-refractivity contribution in [1.82, 2.24) is 4.57 Å². The number of thiophene rings is 1. The van der Waals surface area contributed by atoms with Gasteiger partial charge in [0.2, 0.25) is 0 Å². The quantitative estimate of drug-likeness (QED) is 0.155. The van der Waals surface area contributed by atoms with Crippen LogP contribution in [0.15, 0.2) is 90.1 Å². The molecule has 0 saturated heterocycles. The molecule has 1 aliphatic rings. The highest BCUT2D eigenvalue weighted by molar-refractivity contribution is 7.16. The van der Waals surface area contributed by atoms with Gasteiger partial charge in [-0.2, -0.15) is 0 Å². The predicted octanol–water partition coefficient (Wildman–Crippen LogP) is 7.81. The lowest BCUT2D eigenvalue weighted by atomic mass is 9.95. The van der Waals surface area contributed by atoms with Gasteiger partial charge < -0.3 is 14.6 Å². The Morgan fingerprint density at radius 1 is 0.976 bits per heavy atom. The second-order valence-corrected chi connectivity index (χ2v) is 11.2. The van der Waals surface area contributed by atoms with Crippen molar-refractivity contribution in [2.45, 2.75) is 39.2 Å². The van der Waals surface area contributed by atoms with Crippen LogP contribution in [-0.4, -0.2) is 29.3 Å². The van der Waals surface area contributed by atoms with Crippen LogP contribution < -0.4 is 5.32 Å². The van der Waals surface area contributed by atoms with Gasteiger partial charge in [0.25, 0.3) is 5.91 Å². The van der Waals surface area contributed by atoms with E-state index >= 15 is 0 Å². The second kappa shape index (κ2) is 11.9. The third kappa shape index (κ3) is 5.72. The lowest BCUT2D eigenvalue weighted by Gasteiger charge is -2.12. The number of carbonyl (C=O) groups is 2. The molecule has 1 aliphatic carbocycles. The number of carbonyl (C=O) groups excluding carboxylic acids is 2. The summed E-state index contributed by atoms with van der Waals surface area (Å²) in [6.07, 6.45) is 8.13. The van der Waals surface area contributed by atoms with E-state index in [4.69, 9.17) is 9.73 Å². The average molecular weight is 562 g/mol. The second-order valence-electron chi connectivity index (χ2n) is 10.1. The summed E-state index contributed by atoms with van der Waals surface area (Å²) in [6.45, 7) is 2.81. The van der Waals surface area contributed by atoms with Gasteiger partial charge in [-0.15, -0.1) is 11.3 Å². The Kier molecular flexibility index (Phi) is 7.78. The topological polar surface area (TPSA) is 72.7 Å². The van der Waals surface area contributed by atoms with E-state index in [1.807, 2.05) is 72.9 Å². The fourth-order valence-corrected chi connectivity index (χ4v) is 6.62. The molecule has 0 bridgehead atoms. The third-order valence-corrected chi connectivity index (χ3v) is 8.57. The number of nitrogens with one attached hydrogen (secondary N) is 1. The van der Waals surface area contributed by atoms with Gasteiger partial charge in [-0.05, 0) is 74.1 Å². The van der Waals surface area contributed by atoms with Crippen LogP contribution in [0.1, 0.15) is 62.0 Å². The van der Waals surface area contributed by atoms with E-state index in [-0.39, 0.29) is 11.9 Å². The van der Waals surface area contributed by atoms with Crippen LogP contribution in [0.4, 0.5) is 10.7 Å². The van der Waals surface area contributed by atoms with E-state index < -0.39 is 0 Å². The maximum atomic E-state index is 13.5. The number of nitrogens with zero attached hydrogens (tertiary/aromatic N) is 2. The number of aliphatic imine (C=N–C) groups is 1. The molecule has 1 N–H and O–H groups in total. The monoisotopic (exact) mass is 561 g/mol. The number of esters is 1. The molecule has 6 nitrogen and oxygen atoms in total. The highest BCUT2D eigenvalue weighted by atomic mass is 32.1. The first kappa shape index (κ1) is 26.7. The number of ether oxygens (including phenoxy) is 1. The minimum Gasteiger partial charge on any atom is -0.462 e. The van der Waals surface area contributed by atoms with Gasteiger partial charge in [-0.25, -0.2) is 9.79 Å². The minimum absolute atomic E-state index is 0.101. The van der Waals surface area contributed by atoms with Gasteiger partial charge in [0.15, 0.2) is 0 Å². The highest BCUT2D eigenvalue weighted by Crippen LogP contribution is 2.40. The molecule has 5 aromatic rings. The molecule has 2 heterocycles. The first-order valence-electron chi connectivity index (χ1n) is 14.0. The molecule has 41 heavy (non-hydrogen) atoms. The van der Waals surface area contributed by atoms with Crippen molar-refractivity contribution in [2.24, 2.45) is 4.99 Å². The zero-order chi connectivity index (χ0) is 28.2. The summed E-state index contributed by atoms with van der Waals surface area (Å²) in [6, 6.07) is 25.4. The summed E-state index contributed by atoms with van der Waals surface area (Å²) in [7, 11) is 0. The lowest BCUT2D eigenvalue weighted by molar-refractivity contribution is 0.0526. The zero-order valence-electron chi connectivity index (χ0n) is 22.9. The molecule has 7 heteroatoms. The molecule has 0 atom stereocenters. The van der Waals surface area contributed by atoms with Crippen molar-refractivity contribution >= 4 is 51.0 Å². The Morgan fingerprint density at radius 2 is 1.73 bits per heavy atom. The van der Waals surface area contributed by atoms with Crippen molar-refractivity contribution in [3.05, 3.63) is 118 Å². The normalized spacial score (nSPS) is 12.9. The number of benzene rings is 3. The SMILES string of the molecule is CCOC(=O)c1ccc(Cn2cc(C=Nc3sc4c(c3C(=O)Nc3ccccc3)CCCC4)c3ccccc32)cc1. The molecule has 0 saturated carbocycles. The molecule has 0 unspecified atom stereocenters. The van der Waals surface area contributed by atoms with E-state index in [2.05, 4.69) is 28.2 Å². The fraction of sp³-hybridized carbons (Fsp3) is 0.206. The highest BCUT2D eigenvalue weighted by Gasteiger charge is 2.25. The van der Waals surface area contributed by atoms with Crippen molar-refractivity contribution in [2.75, 3.05) is 11.9 Å². The molecule has 206 valence electrons. The van der Waals surface area contributed by atoms with Gasteiger partial charge in [-0.3, -0.25) is 4.79 Å². The standard InChI is InChI=1S/C34H31N3O3S/c1-2-40-34(39)24-18-16-23(17-19-24)21-37-22-25(27-12-6-8-14-29(27)37)20-35-33-31(28-13-7-9-15-30(28)41-33)32(38)36-26-10-4-3-5-11-26/h3-6,8,10-12,14,16-20,22H,2,7,9,13,15,21H2,1H3,(H,36,38). The third-order valence-electron chi connectivity index (χ3n) is 7.37. The summed E-state index contributed by atoms with van der Waals surface area (Å²) >= 11 is 1.64. The van der Waals surface area contributed by atoms with Crippen molar-refractivity contribution in [3.63, 3.8) is 0 Å². The molecule has 0 spiro atoms. The average Bonchev–Trinajstić information content (AvgIpc) is 3.55. The van der Waals surface area contributed by atoms with Gasteiger partial charge in [0.05, 0.1) is 17.7 Å². The van der Waals surface area contributed by atoms with Crippen LogP contribution in [-0.2, 0) is 24.1 Å². The van der Waals surface area contributed by atoms with Crippen LogP contribution in [0, 0.1) is 0 Å². The van der Waals surface area contributed by atoms with Crippen molar-refractivity contribution in [1.29, 1.82) is 0 Å². The summed E-state index contributed by atoms with van der Waals surface area (Å²) in [5.41, 5.74) is 6.34. The zero-order valence-corrected chi connectivity index (χ0v) is 23.7. The smallest absolute Gasteiger partial charge is 0.338 e. The maximum Gasteiger partial charge on any atom is 0.338 e. The van der Waals surface area contributed by atoms with E-state index in [1.54, 1.807) is 18.3 Å². The van der Waals surface area contributed by atoms with E-state index in [0.29, 0.717) is 24.3 Å². The number of para-hydroxylation sites is 2. The van der Waals surface area contributed by atoms with Crippen LogP contribution in [0.5, 0.6) is 0 Å². The number of aromatic nitrogens is 1. The number of fused-ring (bicyclic) bond motifs is 2. The van der Waals surface area contributed by atoms with Crippen LogP contribution in [0.2, 0.25) is 0 Å². The van der Waals surface area contributed by atoms with Crippen LogP contribution in [0.3, 0.4) is 0 Å². The summed E-state index contributed by atoms with van der Waals surface area (Å²) in [5.74, 6) is -0.410. The molecular formula is C34H31N3O3S. The Morgan fingerprint density at radius 3 is 2.54 bits per heavy atom. The Bertz CT molecular complexity index is 1730. The number of anilines is 1. The maximum absolute atomic E-state index is 13.5. The first-order chi connectivity index (χ1) is 20.1. The largest absolute Gasteiger partial charge is 0.462 e. The summed E-state index contributed by atoms with van der Waals surface area (Å²) < 4.78 is 7.30.